The third kappa shape index (κ3) is 8.88. The van der Waals surface area contributed by atoms with Crippen molar-refractivity contribution in [1.82, 2.24) is 0 Å². The van der Waals surface area contributed by atoms with Crippen LogP contribution in [0, 0.1) is 182 Å². The maximum Gasteiger partial charge on any atom is 0.141 e. The van der Waals surface area contributed by atoms with Crippen LogP contribution in [0.3, 0.4) is 0 Å². The minimum Gasteiger partial charge on any atom is -0.668 e. The Bertz CT molecular complexity index is 163. The Morgan fingerprint density at radius 1 is 1.12 bits per heavy atom. The van der Waals surface area contributed by atoms with Gasteiger partial charge in [0.05, 0.1) is 12.7 Å². The van der Waals surface area contributed by atoms with E-state index in [2.05, 4.69) is 0 Å². The van der Waals surface area contributed by atoms with E-state index in [4.69, 9.17) is 20.7 Å². The van der Waals surface area contributed by atoms with E-state index < -0.39 is 24.5 Å². The maximum absolute atomic E-state index is 9.38. The molecule has 0 aromatic carbocycles. The standard InChI is InChI=1S/C7H14NO4.4Ac/c1-3-4(2-9)12-7(11)5(8)6(3)10;;;;/h3-11H,2H2,1H3;;;;/q-1;;;;/t3-,4?,5?,6?,7?;;;;/m1..../s1. The minimum absolute atomic E-state index is 0. The van der Waals surface area contributed by atoms with Gasteiger partial charge in [-0.25, -0.2) is 0 Å². The van der Waals surface area contributed by atoms with Crippen molar-refractivity contribution < 1.29 is 196 Å². The number of nitrogens with one attached hydrogen (secondary N) is 1. The van der Waals surface area contributed by atoms with E-state index in [9.17, 15) is 5.11 Å². The van der Waals surface area contributed by atoms with E-state index in [1.165, 1.54) is 0 Å². The topological polar surface area (TPSA) is 93.7 Å². The van der Waals surface area contributed by atoms with Crippen molar-refractivity contribution in [2.24, 2.45) is 5.92 Å². The molecule has 4 radical (unpaired) electrons. The van der Waals surface area contributed by atoms with Gasteiger partial charge in [-0.3, -0.25) is 0 Å². The molecule has 4 N–H and O–H groups in total. The number of hydrogen-bond donors (Lipinski definition) is 3. The monoisotopic (exact) mass is 1080 g/mol. The summed E-state index contributed by atoms with van der Waals surface area (Å²) in [5, 5.41) is 27.2. The third-order valence-corrected chi connectivity index (χ3v) is 2.29. The third-order valence-electron chi connectivity index (χ3n) is 2.29. The molecule has 5 nitrogen and oxygen atoms in total. The summed E-state index contributed by atoms with van der Waals surface area (Å²) in [6.45, 7) is 1.43. The molecule has 16 heavy (non-hydrogen) atoms. The summed E-state index contributed by atoms with van der Waals surface area (Å²) in [6.07, 6.45) is -2.81. The van der Waals surface area contributed by atoms with Crippen molar-refractivity contribution in [1.29, 1.82) is 0 Å². The van der Waals surface area contributed by atoms with Crippen LogP contribution >= 0.6 is 0 Å². The van der Waals surface area contributed by atoms with Crippen molar-refractivity contribution in [2.75, 3.05) is 6.61 Å². The van der Waals surface area contributed by atoms with Gasteiger partial charge in [0.15, 0.2) is 0 Å². The molecule has 0 spiro atoms. The fourth-order valence-electron chi connectivity index (χ4n) is 1.31. The summed E-state index contributed by atoms with van der Waals surface area (Å²) in [7, 11) is 0. The van der Waals surface area contributed by atoms with Gasteiger partial charge in [-0.15, -0.1) is 0 Å². The second-order valence-electron chi connectivity index (χ2n) is 3.12. The average molecular weight is 1080 g/mol. The Hall–Kier alpha value is 5.57. The number of aliphatic hydroxyl groups is 3. The van der Waals surface area contributed by atoms with E-state index in [1.807, 2.05) is 0 Å². The van der Waals surface area contributed by atoms with E-state index in [0.717, 1.165) is 0 Å². The minimum atomic E-state index is -1.30. The predicted molar refractivity (Wildman–Crippen MR) is 41.2 cm³/mol. The molecule has 0 saturated carbocycles. The molecule has 1 fully saturated rings. The SMILES string of the molecule is C[C@@H]1C(CO)OC(O)C([NH-])C1O.[Ac].[Ac].[Ac].[Ac]. The molecule has 1 rings (SSSR count). The quantitative estimate of drug-likeness (QED) is 0.319. The molecule has 1 aliphatic rings. The first-order valence-corrected chi connectivity index (χ1v) is 3.91. The molecular weight excluding hydrogens is 1070 g/mol. The van der Waals surface area contributed by atoms with Crippen molar-refractivity contribution >= 4 is 0 Å². The Morgan fingerprint density at radius 2 is 1.56 bits per heavy atom. The summed E-state index contributed by atoms with van der Waals surface area (Å²) >= 11 is 0. The van der Waals surface area contributed by atoms with E-state index >= 15 is 0 Å². The summed E-state index contributed by atoms with van der Waals surface area (Å²) in [4.78, 5) is 0. The van der Waals surface area contributed by atoms with Crippen LogP contribution in [-0.4, -0.2) is 46.5 Å². The average Bonchev–Trinajstić information content (AvgIpc) is 2.08. The van der Waals surface area contributed by atoms with E-state index in [0.29, 0.717) is 0 Å². The van der Waals surface area contributed by atoms with Crippen molar-refractivity contribution in [2.45, 2.75) is 31.5 Å². The van der Waals surface area contributed by atoms with Crippen LogP contribution in [0.4, 0.5) is 0 Å². The van der Waals surface area contributed by atoms with Crippen LogP contribution in [0.5, 0.6) is 0 Å². The van der Waals surface area contributed by atoms with Crippen LogP contribution in [0.25, 0.3) is 5.73 Å². The largest absolute Gasteiger partial charge is 0.668 e. The Morgan fingerprint density at radius 3 is 1.94 bits per heavy atom. The van der Waals surface area contributed by atoms with Gasteiger partial charge in [0.1, 0.15) is 6.29 Å². The zero-order valence-corrected chi connectivity index (χ0v) is 28.1. The number of ether oxygens (including phenoxy) is 1. The van der Waals surface area contributed by atoms with Crippen LogP contribution < -0.4 is 0 Å². The number of rotatable bonds is 1. The first-order chi connectivity index (χ1) is 5.57. The first-order valence-electron chi connectivity index (χ1n) is 3.91. The van der Waals surface area contributed by atoms with Gasteiger partial charge in [-0.05, 0) is 0 Å². The second kappa shape index (κ2) is 15.5. The number of aliphatic hydroxyl groups excluding tert-OH is 3. The van der Waals surface area contributed by atoms with Crippen LogP contribution in [-0.2, 0) is 4.74 Å². The zero-order chi connectivity index (χ0) is 9.30. The molecule has 0 aliphatic carbocycles. The van der Waals surface area contributed by atoms with Crippen molar-refractivity contribution in [3.8, 4) is 0 Å². The van der Waals surface area contributed by atoms with Crippen molar-refractivity contribution in [3.63, 3.8) is 0 Å². The fraction of sp³-hybridized carbons (Fsp3) is 1.00. The molecule has 9 heteroatoms. The molecule has 1 heterocycles. The molecule has 1 aliphatic heterocycles. The van der Waals surface area contributed by atoms with Gasteiger partial charge in [-0.2, -0.15) is 0 Å². The van der Waals surface area contributed by atoms with Gasteiger partial charge in [0.2, 0.25) is 0 Å². The molecule has 1 saturated heterocycles. The Balaban J connectivity index is -0.000000180. The summed E-state index contributed by atoms with van der Waals surface area (Å²) < 4.78 is 4.89. The molecule has 0 amide bonds. The fourth-order valence-corrected chi connectivity index (χ4v) is 1.31. The van der Waals surface area contributed by atoms with Gasteiger partial charge in [-0.1, -0.05) is 13.0 Å². The molecule has 4 unspecified atom stereocenters. The number of hydrogen-bond acceptors (Lipinski definition) is 4. The van der Waals surface area contributed by atoms with Gasteiger partial charge < -0.3 is 25.8 Å². The molecular formula is C7H14Ac4NO4-. The normalized spacial score (nSPS) is 36.9. The van der Waals surface area contributed by atoms with E-state index in [-0.39, 0.29) is 189 Å². The van der Waals surface area contributed by atoms with E-state index in [1.54, 1.807) is 6.92 Å². The summed E-state index contributed by atoms with van der Waals surface area (Å²) in [5.74, 6) is -0.319. The molecule has 5 atom stereocenters. The zero-order valence-electron chi connectivity index (χ0n) is 9.15. The molecule has 84 valence electrons. The van der Waals surface area contributed by atoms with Crippen LogP contribution in [0.2, 0.25) is 0 Å². The predicted octanol–water partition coefficient (Wildman–Crippen LogP) is -0.886. The Kier molecular flexibility index (Phi) is 28.6. The first kappa shape index (κ1) is 29.6. The van der Waals surface area contributed by atoms with Crippen LogP contribution in [0.15, 0.2) is 0 Å². The molecule has 0 aromatic heterocycles. The smallest absolute Gasteiger partial charge is 0.141 e. The Labute approximate surface area is 239 Å². The summed E-state index contributed by atoms with van der Waals surface area (Å²) in [5.41, 5.74) is 7.27. The second-order valence-corrected chi connectivity index (χ2v) is 3.12. The molecule has 0 bridgehead atoms. The van der Waals surface area contributed by atoms with Gasteiger partial charge in [0, 0.05) is 188 Å². The maximum atomic E-state index is 9.38. The van der Waals surface area contributed by atoms with Gasteiger partial charge in [0.25, 0.3) is 0 Å². The van der Waals surface area contributed by atoms with Crippen molar-refractivity contribution in [3.05, 3.63) is 5.73 Å². The van der Waals surface area contributed by atoms with Crippen LogP contribution in [0.1, 0.15) is 6.92 Å². The molecule has 0 aromatic rings. The van der Waals surface area contributed by atoms with Gasteiger partial charge >= 0.3 is 0 Å². The summed E-state index contributed by atoms with van der Waals surface area (Å²) in [6, 6.07) is -1.04.